The molecular formula is C19H27FN4O4. The molecule has 2 N–H and O–H groups in total. The van der Waals surface area contributed by atoms with Crippen LogP contribution in [0.25, 0.3) is 0 Å². The minimum absolute atomic E-state index is 0.181. The van der Waals surface area contributed by atoms with E-state index in [1.54, 1.807) is 12.1 Å². The number of nitrogens with zero attached hydrogens (tertiary/aromatic N) is 3. The number of carbonyl (C=O) groups excluding carboxylic acids is 2. The van der Waals surface area contributed by atoms with Gasteiger partial charge in [-0.2, -0.15) is 0 Å². The highest BCUT2D eigenvalue weighted by molar-refractivity contribution is 5.90. The van der Waals surface area contributed by atoms with Gasteiger partial charge in [0, 0.05) is 46.3 Å². The van der Waals surface area contributed by atoms with Crippen LogP contribution in [0.15, 0.2) is 18.2 Å². The van der Waals surface area contributed by atoms with Crippen molar-refractivity contribution in [2.75, 3.05) is 62.2 Å². The number of aliphatic hydroxyl groups excluding tert-OH is 1. The van der Waals surface area contributed by atoms with Crippen LogP contribution in [0.1, 0.15) is 13.3 Å². The number of piperazine rings is 1. The second kappa shape index (κ2) is 9.20. The molecule has 0 unspecified atom stereocenters. The fourth-order valence-corrected chi connectivity index (χ4v) is 3.52. The third-order valence-electron chi connectivity index (χ3n) is 5.04. The van der Waals surface area contributed by atoms with E-state index in [-0.39, 0.29) is 31.4 Å². The summed E-state index contributed by atoms with van der Waals surface area (Å²) in [5.74, 6) is -0.569. The van der Waals surface area contributed by atoms with Gasteiger partial charge in [-0.25, -0.2) is 9.18 Å². The fourth-order valence-electron chi connectivity index (χ4n) is 3.52. The van der Waals surface area contributed by atoms with Crippen molar-refractivity contribution < 1.29 is 23.8 Å². The fraction of sp³-hybridized carbons (Fsp3) is 0.579. The first-order chi connectivity index (χ1) is 13.5. The van der Waals surface area contributed by atoms with Crippen molar-refractivity contribution in [3.63, 3.8) is 0 Å². The van der Waals surface area contributed by atoms with Gasteiger partial charge < -0.3 is 20.1 Å². The second-order valence-corrected chi connectivity index (χ2v) is 7.10. The Balaban J connectivity index is 1.60. The van der Waals surface area contributed by atoms with E-state index < -0.39 is 12.2 Å². The Morgan fingerprint density at radius 2 is 2.07 bits per heavy atom. The molecule has 0 saturated carbocycles. The van der Waals surface area contributed by atoms with Gasteiger partial charge in [0.25, 0.3) is 0 Å². The number of nitrogens with one attached hydrogen (secondary N) is 1. The number of hydrogen-bond donors (Lipinski definition) is 2. The van der Waals surface area contributed by atoms with E-state index in [0.29, 0.717) is 24.5 Å². The minimum atomic E-state index is -0.542. The summed E-state index contributed by atoms with van der Waals surface area (Å²) in [6.45, 7) is 6.01. The number of ether oxygens (including phenoxy) is 1. The van der Waals surface area contributed by atoms with Crippen LogP contribution in [0, 0.1) is 5.82 Å². The van der Waals surface area contributed by atoms with Crippen LogP contribution in [0.5, 0.6) is 0 Å². The van der Waals surface area contributed by atoms with Crippen molar-refractivity contribution in [1.82, 2.24) is 10.2 Å². The first kappa shape index (κ1) is 20.3. The lowest BCUT2D eigenvalue weighted by Gasteiger charge is -2.36. The molecule has 1 atom stereocenters. The summed E-state index contributed by atoms with van der Waals surface area (Å²) in [6.07, 6.45) is -0.246. The third-order valence-corrected chi connectivity index (χ3v) is 5.04. The van der Waals surface area contributed by atoms with E-state index in [1.165, 1.54) is 17.9 Å². The predicted molar refractivity (Wildman–Crippen MR) is 103 cm³/mol. The van der Waals surface area contributed by atoms with Gasteiger partial charge in [0.1, 0.15) is 11.9 Å². The van der Waals surface area contributed by atoms with Crippen LogP contribution in [0.4, 0.5) is 20.6 Å². The van der Waals surface area contributed by atoms with Gasteiger partial charge >= 0.3 is 6.09 Å². The molecule has 2 amide bonds. The van der Waals surface area contributed by atoms with E-state index in [1.807, 2.05) is 4.90 Å². The van der Waals surface area contributed by atoms with Crippen molar-refractivity contribution in [2.24, 2.45) is 0 Å². The smallest absolute Gasteiger partial charge is 0.414 e. The average Bonchev–Trinajstić information content (AvgIpc) is 3.06. The van der Waals surface area contributed by atoms with E-state index in [0.717, 1.165) is 26.1 Å². The first-order valence-corrected chi connectivity index (χ1v) is 9.58. The van der Waals surface area contributed by atoms with Gasteiger partial charge in [-0.05, 0) is 24.6 Å². The Morgan fingerprint density at radius 3 is 2.71 bits per heavy atom. The molecule has 2 aliphatic rings. The monoisotopic (exact) mass is 394 g/mol. The van der Waals surface area contributed by atoms with Crippen LogP contribution in [0.3, 0.4) is 0 Å². The van der Waals surface area contributed by atoms with Crippen LogP contribution < -0.4 is 15.1 Å². The molecule has 2 saturated heterocycles. The summed E-state index contributed by atoms with van der Waals surface area (Å²) in [7, 11) is 0. The van der Waals surface area contributed by atoms with Gasteiger partial charge in [-0.3, -0.25) is 14.6 Å². The van der Waals surface area contributed by atoms with Crippen molar-refractivity contribution in [2.45, 2.75) is 19.4 Å². The van der Waals surface area contributed by atoms with E-state index in [4.69, 9.17) is 9.84 Å². The molecular weight excluding hydrogens is 367 g/mol. The predicted octanol–water partition coefficient (Wildman–Crippen LogP) is 0.791. The van der Waals surface area contributed by atoms with E-state index in [9.17, 15) is 14.0 Å². The molecule has 154 valence electrons. The summed E-state index contributed by atoms with van der Waals surface area (Å²) in [5.41, 5.74) is 0.964. The lowest BCUT2D eigenvalue weighted by Crippen LogP contribution is -2.47. The number of carbonyl (C=O) groups is 2. The number of amides is 2. The Kier molecular flexibility index (Phi) is 6.69. The summed E-state index contributed by atoms with van der Waals surface area (Å²) in [6, 6.07) is 4.77. The molecule has 9 heteroatoms. The summed E-state index contributed by atoms with van der Waals surface area (Å²) in [5, 5.41) is 11.5. The average molecular weight is 394 g/mol. The van der Waals surface area contributed by atoms with Gasteiger partial charge in [-0.15, -0.1) is 0 Å². The van der Waals surface area contributed by atoms with Gasteiger partial charge in [-0.1, -0.05) is 0 Å². The van der Waals surface area contributed by atoms with Crippen molar-refractivity contribution >= 4 is 23.4 Å². The third kappa shape index (κ3) is 4.90. The minimum Gasteiger partial charge on any atom is -0.442 e. The normalized spacial score (nSPS) is 20.4. The van der Waals surface area contributed by atoms with Crippen molar-refractivity contribution in [3.8, 4) is 0 Å². The molecule has 3 rings (SSSR count). The van der Waals surface area contributed by atoms with Gasteiger partial charge in [0.2, 0.25) is 5.91 Å². The van der Waals surface area contributed by atoms with Crippen molar-refractivity contribution in [1.29, 1.82) is 0 Å². The standard InChI is InChI=1S/C19H27FN4O4/c1-14(26)21-12-16-13-24(19(27)28-16)15-3-4-18(17(20)11-15)23-8-6-22(7-9-23)5-2-10-25/h3-4,11,16,25H,2,5-10,12-13H2,1H3,(H,21,26)/t16-/m0/s1. The second-order valence-electron chi connectivity index (χ2n) is 7.10. The molecule has 0 aromatic heterocycles. The van der Waals surface area contributed by atoms with Crippen LogP contribution in [0.2, 0.25) is 0 Å². The maximum atomic E-state index is 14.7. The zero-order valence-corrected chi connectivity index (χ0v) is 16.1. The molecule has 2 aliphatic heterocycles. The first-order valence-electron chi connectivity index (χ1n) is 9.58. The van der Waals surface area contributed by atoms with Crippen LogP contribution >= 0.6 is 0 Å². The molecule has 2 fully saturated rings. The SMILES string of the molecule is CC(=O)NC[C@H]1CN(c2ccc(N3CCN(CCCO)CC3)c(F)c2)C(=O)O1. The number of anilines is 2. The zero-order valence-electron chi connectivity index (χ0n) is 16.1. The molecule has 0 bridgehead atoms. The quantitative estimate of drug-likeness (QED) is 0.711. The zero-order chi connectivity index (χ0) is 20.1. The Labute approximate surface area is 163 Å². The van der Waals surface area contributed by atoms with Gasteiger partial charge in [0.05, 0.1) is 24.5 Å². The summed E-state index contributed by atoms with van der Waals surface area (Å²) >= 11 is 0. The number of rotatable bonds is 7. The lowest BCUT2D eigenvalue weighted by molar-refractivity contribution is -0.119. The summed E-state index contributed by atoms with van der Waals surface area (Å²) < 4.78 is 20.0. The molecule has 2 heterocycles. The molecule has 0 radical (unpaired) electrons. The largest absolute Gasteiger partial charge is 0.442 e. The number of cyclic esters (lactones) is 1. The maximum absolute atomic E-state index is 14.7. The molecule has 0 aliphatic carbocycles. The Hall–Kier alpha value is -2.39. The maximum Gasteiger partial charge on any atom is 0.414 e. The molecule has 28 heavy (non-hydrogen) atoms. The number of benzene rings is 1. The highest BCUT2D eigenvalue weighted by Crippen LogP contribution is 2.28. The molecule has 1 aromatic carbocycles. The summed E-state index contributed by atoms with van der Waals surface area (Å²) in [4.78, 5) is 28.7. The number of hydrogen-bond acceptors (Lipinski definition) is 6. The van der Waals surface area contributed by atoms with Crippen LogP contribution in [-0.2, 0) is 9.53 Å². The van der Waals surface area contributed by atoms with E-state index in [2.05, 4.69) is 10.2 Å². The van der Waals surface area contributed by atoms with Crippen molar-refractivity contribution in [3.05, 3.63) is 24.0 Å². The molecule has 8 nitrogen and oxygen atoms in total. The molecule has 0 spiro atoms. The van der Waals surface area contributed by atoms with Crippen LogP contribution in [-0.4, -0.2) is 80.5 Å². The van der Waals surface area contributed by atoms with Gasteiger partial charge in [0.15, 0.2) is 0 Å². The molecule has 1 aromatic rings. The van der Waals surface area contributed by atoms with E-state index >= 15 is 0 Å². The Morgan fingerprint density at radius 1 is 1.32 bits per heavy atom. The lowest BCUT2D eigenvalue weighted by atomic mass is 10.2. The number of halogens is 1. The highest BCUT2D eigenvalue weighted by atomic mass is 19.1. The highest BCUT2D eigenvalue weighted by Gasteiger charge is 2.33. The number of aliphatic hydroxyl groups is 1. The topological polar surface area (TPSA) is 85.4 Å². The Bertz CT molecular complexity index is 709.